The van der Waals surface area contributed by atoms with E-state index in [-0.39, 0.29) is 24.6 Å². The molecule has 0 aliphatic rings. The van der Waals surface area contributed by atoms with Gasteiger partial charge >= 0.3 is 0 Å². The Hall–Kier alpha value is -3.56. The molecule has 0 heterocycles. The molecule has 10 heteroatoms. The predicted molar refractivity (Wildman–Crippen MR) is 145 cm³/mol. The highest BCUT2D eigenvalue weighted by Gasteiger charge is 2.32. The number of methoxy groups -OCH3 is 1. The second kappa shape index (κ2) is 12.6. The molecule has 0 radical (unpaired) electrons. The predicted octanol–water partition coefficient (Wildman–Crippen LogP) is 3.50. The number of hydrogen-bond donors (Lipinski definition) is 1. The van der Waals surface area contributed by atoms with E-state index in [2.05, 4.69) is 5.32 Å². The molecule has 0 aliphatic heterocycles. The Morgan fingerprint density at radius 2 is 1.65 bits per heavy atom. The summed E-state index contributed by atoms with van der Waals surface area (Å²) in [7, 11) is -0.880. The van der Waals surface area contributed by atoms with Crippen LogP contribution in [0.15, 0.2) is 78.9 Å². The van der Waals surface area contributed by atoms with Gasteiger partial charge in [0.15, 0.2) is 0 Å². The average molecular weight is 544 g/mol. The Bertz CT molecular complexity index is 1330. The molecular weight excluding hydrogens is 514 g/mol. The molecule has 0 bridgehead atoms. The van der Waals surface area contributed by atoms with Crippen molar-refractivity contribution in [3.8, 4) is 5.75 Å². The minimum atomic E-state index is -3.85. The van der Waals surface area contributed by atoms with Crippen molar-refractivity contribution in [1.29, 1.82) is 0 Å². The molecule has 3 rings (SSSR count). The first kappa shape index (κ1) is 28.0. The van der Waals surface area contributed by atoms with Gasteiger partial charge in [-0.15, -0.1) is 0 Å². The van der Waals surface area contributed by atoms with E-state index in [0.717, 1.165) is 16.1 Å². The van der Waals surface area contributed by atoms with Gasteiger partial charge in [0.1, 0.15) is 18.3 Å². The molecule has 3 aromatic carbocycles. The van der Waals surface area contributed by atoms with E-state index in [0.29, 0.717) is 16.3 Å². The van der Waals surface area contributed by atoms with Gasteiger partial charge in [0, 0.05) is 31.1 Å². The zero-order valence-corrected chi connectivity index (χ0v) is 22.5. The molecule has 0 unspecified atom stereocenters. The van der Waals surface area contributed by atoms with Crippen LogP contribution in [0.4, 0.5) is 5.69 Å². The van der Waals surface area contributed by atoms with Gasteiger partial charge in [0.05, 0.1) is 19.1 Å². The molecule has 1 N–H and O–H groups in total. The summed E-state index contributed by atoms with van der Waals surface area (Å²) in [6, 6.07) is 21.8. The van der Waals surface area contributed by atoms with Crippen LogP contribution in [0.1, 0.15) is 11.1 Å². The molecule has 0 fully saturated rings. The molecule has 0 spiro atoms. The molecule has 196 valence electrons. The number of amides is 2. The van der Waals surface area contributed by atoms with E-state index in [4.69, 9.17) is 16.3 Å². The Morgan fingerprint density at radius 1 is 0.973 bits per heavy atom. The monoisotopic (exact) mass is 543 g/mol. The van der Waals surface area contributed by atoms with Gasteiger partial charge < -0.3 is 15.0 Å². The molecule has 0 saturated heterocycles. The number of sulfonamides is 1. The minimum absolute atomic E-state index is 0.0556. The van der Waals surface area contributed by atoms with Crippen molar-refractivity contribution in [2.75, 3.05) is 31.3 Å². The highest BCUT2D eigenvalue weighted by atomic mass is 35.5. The summed E-state index contributed by atoms with van der Waals surface area (Å²) in [4.78, 5) is 28.3. The number of halogens is 1. The Balaban J connectivity index is 2.03. The molecule has 1 atom stereocenters. The fourth-order valence-corrected chi connectivity index (χ4v) is 4.99. The van der Waals surface area contributed by atoms with E-state index < -0.39 is 28.5 Å². The van der Waals surface area contributed by atoms with E-state index >= 15 is 0 Å². The quantitative estimate of drug-likeness (QED) is 0.399. The van der Waals surface area contributed by atoms with E-state index in [1.54, 1.807) is 42.5 Å². The van der Waals surface area contributed by atoms with Gasteiger partial charge in [-0.1, -0.05) is 60.1 Å². The number of ether oxygens (including phenoxy) is 1. The highest BCUT2D eigenvalue weighted by molar-refractivity contribution is 7.92. The van der Waals surface area contributed by atoms with Gasteiger partial charge in [-0.3, -0.25) is 13.9 Å². The van der Waals surface area contributed by atoms with Crippen molar-refractivity contribution in [3.05, 3.63) is 95.0 Å². The Kier molecular flexibility index (Phi) is 9.54. The number of nitrogens with one attached hydrogen (secondary N) is 1. The molecule has 8 nitrogen and oxygen atoms in total. The van der Waals surface area contributed by atoms with E-state index in [9.17, 15) is 18.0 Å². The van der Waals surface area contributed by atoms with Crippen LogP contribution >= 0.6 is 11.6 Å². The summed E-state index contributed by atoms with van der Waals surface area (Å²) in [5.74, 6) is -0.467. The largest absolute Gasteiger partial charge is 0.497 e. The summed E-state index contributed by atoms with van der Waals surface area (Å²) >= 11 is 6.18. The van der Waals surface area contributed by atoms with Gasteiger partial charge in [-0.2, -0.15) is 0 Å². The van der Waals surface area contributed by atoms with E-state index in [1.165, 1.54) is 25.1 Å². The number of hydrogen-bond acceptors (Lipinski definition) is 5. The van der Waals surface area contributed by atoms with Crippen LogP contribution in [0, 0.1) is 0 Å². The van der Waals surface area contributed by atoms with Gasteiger partial charge in [0.25, 0.3) is 0 Å². The standard InChI is InChI=1S/C27H30ClN3O5S/c1-29-27(33)25(16-20-9-5-4-6-10-20)30(18-21-11-7-12-22(28)15-21)26(32)19-31(37(3,34)35)23-13-8-14-24(17-23)36-2/h4-15,17,25H,16,18-19H2,1-3H3,(H,29,33)/t25-/m0/s1. The molecule has 2 amide bonds. The maximum atomic E-state index is 13.8. The zero-order valence-electron chi connectivity index (χ0n) is 20.9. The van der Waals surface area contributed by atoms with Gasteiger partial charge in [-0.25, -0.2) is 8.42 Å². The van der Waals surface area contributed by atoms with Crippen LogP contribution in [0.2, 0.25) is 5.02 Å². The van der Waals surface area contributed by atoms with E-state index in [1.807, 2.05) is 30.3 Å². The lowest BCUT2D eigenvalue weighted by Gasteiger charge is -2.33. The summed E-state index contributed by atoms with van der Waals surface area (Å²) in [6.07, 6.45) is 1.27. The van der Waals surface area contributed by atoms with Crippen LogP contribution in [-0.4, -0.2) is 58.1 Å². The first-order valence-electron chi connectivity index (χ1n) is 11.5. The SMILES string of the molecule is CNC(=O)[C@H](Cc1ccccc1)N(Cc1cccc(Cl)c1)C(=O)CN(c1cccc(OC)c1)S(C)(=O)=O. The first-order valence-corrected chi connectivity index (χ1v) is 13.8. The number of carbonyl (C=O) groups excluding carboxylic acids is 2. The molecule has 0 aromatic heterocycles. The molecular formula is C27H30ClN3O5S. The summed E-state index contributed by atoms with van der Waals surface area (Å²) < 4.78 is 31.8. The summed E-state index contributed by atoms with van der Waals surface area (Å²) in [5, 5.41) is 3.13. The number of likely N-dealkylation sites (N-methyl/N-ethyl adjacent to an activating group) is 1. The number of anilines is 1. The third-order valence-corrected chi connectivity index (χ3v) is 7.16. The molecule has 0 saturated carbocycles. The zero-order chi connectivity index (χ0) is 27.0. The molecule has 37 heavy (non-hydrogen) atoms. The van der Waals surface area contributed by atoms with Crippen LogP contribution in [0.3, 0.4) is 0 Å². The van der Waals surface area contributed by atoms with Crippen LogP contribution in [-0.2, 0) is 32.6 Å². The van der Waals surface area contributed by atoms with Crippen molar-refractivity contribution < 1.29 is 22.7 Å². The Morgan fingerprint density at radius 3 is 2.27 bits per heavy atom. The third-order valence-electron chi connectivity index (χ3n) is 5.78. The van der Waals surface area contributed by atoms with Crippen molar-refractivity contribution in [2.24, 2.45) is 0 Å². The fraction of sp³-hybridized carbons (Fsp3) is 0.259. The average Bonchev–Trinajstić information content (AvgIpc) is 2.88. The lowest BCUT2D eigenvalue weighted by molar-refractivity contribution is -0.139. The number of nitrogens with zero attached hydrogens (tertiary/aromatic N) is 2. The van der Waals surface area contributed by atoms with Crippen LogP contribution in [0.25, 0.3) is 0 Å². The topological polar surface area (TPSA) is 96.0 Å². The first-order chi connectivity index (χ1) is 17.6. The second-order valence-corrected chi connectivity index (χ2v) is 10.8. The van der Waals surface area contributed by atoms with Crippen molar-refractivity contribution in [3.63, 3.8) is 0 Å². The number of rotatable bonds is 11. The number of benzene rings is 3. The lowest BCUT2D eigenvalue weighted by atomic mass is 10.0. The van der Waals surface area contributed by atoms with Crippen molar-refractivity contribution in [2.45, 2.75) is 19.0 Å². The maximum absolute atomic E-state index is 13.8. The second-order valence-electron chi connectivity index (χ2n) is 8.44. The molecule has 3 aromatic rings. The lowest BCUT2D eigenvalue weighted by Crippen LogP contribution is -2.52. The number of carbonyl (C=O) groups is 2. The fourth-order valence-electron chi connectivity index (χ4n) is 3.93. The molecule has 0 aliphatic carbocycles. The highest BCUT2D eigenvalue weighted by Crippen LogP contribution is 2.24. The van der Waals surface area contributed by atoms with Crippen LogP contribution < -0.4 is 14.4 Å². The smallest absolute Gasteiger partial charge is 0.244 e. The Labute approximate surface area is 222 Å². The third kappa shape index (κ3) is 7.71. The van der Waals surface area contributed by atoms with Crippen LogP contribution in [0.5, 0.6) is 5.75 Å². The summed E-state index contributed by atoms with van der Waals surface area (Å²) in [5.41, 5.74) is 1.83. The summed E-state index contributed by atoms with van der Waals surface area (Å²) in [6.45, 7) is -0.450. The van der Waals surface area contributed by atoms with Gasteiger partial charge in [0.2, 0.25) is 21.8 Å². The van der Waals surface area contributed by atoms with Crippen molar-refractivity contribution >= 4 is 39.1 Å². The normalized spacial score (nSPS) is 11.9. The minimum Gasteiger partial charge on any atom is -0.497 e. The van der Waals surface area contributed by atoms with Crippen molar-refractivity contribution in [1.82, 2.24) is 10.2 Å². The maximum Gasteiger partial charge on any atom is 0.244 e. The van der Waals surface area contributed by atoms with Gasteiger partial charge in [-0.05, 0) is 35.4 Å².